The van der Waals surface area contributed by atoms with E-state index in [2.05, 4.69) is 205 Å². The van der Waals surface area contributed by atoms with Crippen LogP contribution in [0, 0.1) is 0 Å². The van der Waals surface area contributed by atoms with Gasteiger partial charge in [-0.2, -0.15) is 0 Å². The average molecular weight is 774 g/mol. The van der Waals surface area contributed by atoms with Crippen LogP contribution in [0.1, 0.15) is 0 Å². The van der Waals surface area contributed by atoms with Gasteiger partial charge in [0.1, 0.15) is 0 Å². The van der Waals surface area contributed by atoms with Crippen molar-refractivity contribution in [2.75, 3.05) is 0 Å². The van der Waals surface area contributed by atoms with E-state index in [4.69, 9.17) is 9.97 Å². The maximum atomic E-state index is 4.86. The van der Waals surface area contributed by atoms with Gasteiger partial charge in [-0.15, -0.1) is 0 Å². The van der Waals surface area contributed by atoms with Gasteiger partial charge >= 0.3 is 0 Å². The quantitative estimate of drug-likeness (QED) is 0.167. The maximum absolute atomic E-state index is 4.86. The smallest absolute Gasteiger partial charge is 0.0971 e. The van der Waals surface area contributed by atoms with E-state index in [1.54, 1.807) is 12.4 Å². The van der Waals surface area contributed by atoms with Crippen molar-refractivity contribution < 1.29 is 0 Å². The van der Waals surface area contributed by atoms with E-state index in [0.717, 1.165) is 27.4 Å². The van der Waals surface area contributed by atoms with Crippen LogP contribution in [0.25, 0.3) is 126 Å². The van der Waals surface area contributed by atoms with Crippen molar-refractivity contribution in [1.29, 1.82) is 0 Å². The summed E-state index contributed by atoms with van der Waals surface area (Å²) >= 11 is 0. The Hall–Kier alpha value is -8.14. The van der Waals surface area contributed by atoms with E-state index in [1.165, 1.54) is 98.4 Å². The molecule has 0 fully saturated rings. The molecule has 0 radical (unpaired) electrons. The minimum Gasteiger partial charge on any atom is -0.309 e. The molecule has 13 aromatic rings. The second kappa shape index (κ2) is 13.2. The molecule has 282 valence electrons. The minimum absolute atomic E-state index is 0.930. The molecule has 0 aliphatic rings. The van der Waals surface area contributed by atoms with Crippen LogP contribution in [0.4, 0.5) is 0 Å². The molecule has 0 atom stereocenters. The molecular weight excluding hydrogens is 739 g/mol. The van der Waals surface area contributed by atoms with Crippen LogP contribution in [0.5, 0.6) is 0 Å². The predicted octanol–water partition coefficient (Wildman–Crippen LogP) is 15.5. The van der Waals surface area contributed by atoms with Gasteiger partial charge < -0.3 is 4.57 Å². The van der Waals surface area contributed by atoms with E-state index >= 15 is 0 Å². The molecule has 0 amide bonds. The first kappa shape index (κ1) is 33.8. The molecular formula is C58H35N3. The third-order valence-corrected chi connectivity index (χ3v) is 12.9. The molecule has 0 aliphatic heterocycles. The molecule has 2 aromatic heterocycles. The molecule has 0 unspecified atom stereocenters. The number of aromatic nitrogens is 3. The molecule has 13 rings (SSSR count). The molecule has 0 N–H and O–H groups in total. The van der Waals surface area contributed by atoms with Crippen LogP contribution in [-0.4, -0.2) is 14.5 Å². The number of hydrogen-bond donors (Lipinski definition) is 0. The van der Waals surface area contributed by atoms with Gasteiger partial charge in [-0.25, -0.2) is 0 Å². The normalized spacial score (nSPS) is 11.9. The zero-order valence-electron chi connectivity index (χ0n) is 33.0. The Morgan fingerprint density at radius 2 is 0.639 bits per heavy atom. The molecule has 3 nitrogen and oxygen atoms in total. The molecule has 0 aliphatic carbocycles. The summed E-state index contributed by atoms with van der Waals surface area (Å²) < 4.78 is 2.43. The average Bonchev–Trinajstić information content (AvgIpc) is 3.67. The first-order valence-corrected chi connectivity index (χ1v) is 20.9. The molecule has 0 saturated carbocycles. The summed E-state index contributed by atoms with van der Waals surface area (Å²) in [6, 6.07) is 73.4. The molecule has 61 heavy (non-hydrogen) atoms. The number of para-hydroxylation sites is 2. The zero-order chi connectivity index (χ0) is 40.0. The van der Waals surface area contributed by atoms with Gasteiger partial charge in [0.05, 0.1) is 27.8 Å². The highest BCUT2D eigenvalue weighted by atomic mass is 15.0. The van der Waals surface area contributed by atoms with Gasteiger partial charge in [-0.1, -0.05) is 176 Å². The monoisotopic (exact) mass is 773 g/mol. The van der Waals surface area contributed by atoms with Gasteiger partial charge in [-0.05, 0) is 95.3 Å². The van der Waals surface area contributed by atoms with Crippen LogP contribution in [0.3, 0.4) is 0 Å². The Kier molecular flexibility index (Phi) is 7.31. The number of rotatable bonds is 4. The second-order valence-corrected chi connectivity index (χ2v) is 16.0. The lowest BCUT2D eigenvalue weighted by Gasteiger charge is -2.18. The summed E-state index contributed by atoms with van der Waals surface area (Å²) in [6.07, 6.45) is 3.59. The zero-order valence-corrected chi connectivity index (χ0v) is 33.0. The molecule has 2 heterocycles. The lowest BCUT2D eigenvalue weighted by atomic mass is 9.86. The lowest BCUT2D eigenvalue weighted by molar-refractivity contribution is 1.20. The summed E-state index contributed by atoms with van der Waals surface area (Å²) in [7, 11) is 0. The third-order valence-electron chi connectivity index (χ3n) is 12.9. The van der Waals surface area contributed by atoms with Crippen molar-refractivity contribution in [3.8, 4) is 39.1 Å². The van der Waals surface area contributed by atoms with Gasteiger partial charge in [0, 0.05) is 39.3 Å². The van der Waals surface area contributed by atoms with Gasteiger partial charge in [0.15, 0.2) is 0 Å². The molecule has 3 heteroatoms. The fraction of sp³-hybridized carbons (Fsp3) is 0. The molecule has 0 bridgehead atoms. The minimum atomic E-state index is 0.930. The second-order valence-electron chi connectivity index (χ2n) is 16.0. The largest absolute Gasteiger partial charge is 0.309 e. The molecule has 0 saturated heterocycles. The first-order chi connectivity index (χ1) is 30.3. The first-order valence-electron chi connectivity index (χ1n) is 20.9. The Balaban J connectivity index is 0.977. The highest BCUT2D eigenvalue weighted by molar-refractivity contribution is 6.24. The van der Waals surface area contributed by atoms with Crippen molar-refractivity contribution in [3.63, 3.8) is 0 Å². The van der Waals surface area contributed by atoms with E-state index < -0.39 is 0 Å². The lowest BCUT2D eigenvalue weighted by Crippen LogP contribution is -1.96. The number of fused-ring (bicyclic) bond motifs is 12. The van der Waals surface area contributed by atoms with Crippen LogP contribution < -0.4 is 0 Å². The summed E-state index contributed by atoms with van der Waals surface area (Å²) in [5.41, 5.74) is 12.7. The third kappa shape index (κ3) is 4.98. The number of hydrogen-bond acceptors (Lipinski definition) is 2. The van der Waals surface area contributed by atoms with Crippen LogP contribution in [-0.2, 0) is 0 Å². The van der Waals surface area contributed by atoms with Crippen molar-refractivity contribution in [2.45, 2.75) is 0 Å². The fourth-order valence-electron chi connectivity index (χ4n) is 10.2. The van der Waals surface area contributed by atoms with Crippen molar-refractivity contribution in [1.82, 2.24) is 14.5 Å². The van der Waals surface area contributed by atoms with Crippen LogP contribution >= 0.6 is 0 Å². The van der Waals surface area contributed by atoms with Gasteiger partial charge in [0.2, 0.25) is 0 Å². The van der Waals surface area contributed by atoms with E-state index in [-0.39, 0.29) is 0 Å². The maximum Gasteiger partial charge on any atom is 0.0971 e. The Bertz CT molecular complexity index is 3860. The van der Waals surface area contributed by atoms with Crippen molar-refractivity contribution in [2.24, 2.45) is 0 Å². The SMILES string of the molecule is c1ccc2c(-c3ccc(-c4ccc(-n5c6ccccc6c6ccccc65)c5ccccc45)c4ccccc34)ccc(-c3ccc4c5ccccc5c5nccnc5c4c3)c2c1. The van der Waals surface area contributed by atoms with Crippen LogP contribution in [0.15, 0.2) is 213 Å². The van der Waals surface area contributed by atoms with Crippen molar-refractivity contribution in [3.05, 3.63) is 213 Å². The summed E-state index contributed by atoms with van der Waals surface area (Å²) in [4.78, 5) is 9.65. The molecule has 0 spiro atoms. The van der Waals surface area contributed by atoms with Crippen LogP contribution in [0.2, 0.25) is 0 Å². The summed E-state index contributed by atoms with van der Waals surface area (Å²) in [6.45, 7) is 0. The Morgan fingerprint density at radius 3 is 1.20 bits per heavy atom. The highest BCUT2D eigenvalue weighted by Gasteiger charge is 2.19. The van der Waals surface area contributed by atoms with Gasteiger partial charge in [0.25, 0.3) is 0 Å². The highest BCUT2D eigenvalue weighted by Crippen LogP contribution is 2.44. The standard InChI is InChI=1S/C58H35N3/c1-2-14-39-38(13-1)37(36-25-26-48-43-18-6-8-22-52(43)57-58(53(48)35-36)60-34-33-59-57)27-28-44(39)45-29-30-46(41-16-4-3-15-40(41)45)47-31-32-56(49-19-7-5-17-42(47)49)61-54-23-11-9-20-50(54)51-21-10-12-24-55(51)61/h1-35H. The van der Waals surface area contributed by atoms with E-state index in [1.807, 2.05) is 0 Å². The topological polar surface area (TPSA) is 30.7 Å². The van der Waals surface area contributed by atoms with Crippen molar-refractivity contribution >= 4 is 86.7 Å². The van der Waals surface area contributed by atoms with E-state index in [9.17, 15) is 0 Å². The number of nitrogens with zero attached hydrogens (tertiary/aromatic N) is 3. The fourth-order valence-corrected chi connectivity index (χ4v) is 10.2. The van der Waals surface area contributed by atoms with E-state index in [0.29, 0.717) is 0 Å². The molecule has 11 aromatic carbocycles. The predicted molar refractivity (Wildman–Crippen MR) is 258 cm³/mol. The summed E-state index contributed by atoms with van der Waals surface area (Å²) in [5.74, 6) is 0. The Labute approximate surface area is 351 Å². The Morgan fingerprint density at radius 1 is 0.262 bits per heavy atom. The number of benzene rings is 11. The summed E-state index contributed by atoms with van der Waals surface area (Å²) in [5, 5.41) is 14.5. The van der Waals surface area contributed by atoms with Gasteiger partial charge in [-0.3, -0.25) is 9.97 Å².